The van der Waals surface area contributed by atoms with Crippen molar-refractivity contribution in [3.63, 3.8) is 0 Å². The minimum absolute atomic E-state index is 0.0583. The highest BCUT2D eigenvalue weighted by Crippen LogP contribution is 2.44. The van der Waals surface area contributed by atoms with Crippen LogP contribution in [0.3, 0.4) is 0 Å². The predicted octanol–water partition coefficient (Wildman–Crippen LogP) is 2.82. The van der Waals surface area contributed by atoms with Gasteiger partial charge in [-0.15, -0.1) is 0 Å². The number of carbonyl (C=O) groups excluding carboxylic acids is 1. The van der Waals surface area contributed by atoms with Crippen molar-refractivity contribution >= 4 is 23.0 Å². The van der Waals surface area contributed by atoms with Gasteiger partial charge < -0.3 is 14.4 Å². The summed E-state index contributed by atoms with van der Waals surface area (Å²) in [5, 5.41) is 11.5. The number of hydrogen-bond acceptors (Lipinski definition) is 3. The van der Waals surface area contributed by atoms with Gasteiger partial charge in [0.1, 0.15) is 11.3 Å². The molecule has 1 aromatic carbocycles. The number of amides is 1. The van der Waals surface area contributed by atoms with Crippen molar-refractivity contribution in [1.82, 2.24) is 4.90 Å². The number of furan rings is 1. The van der Waals surface area contributed by atoms with E-state index in [1.54, 1.807) is 11.0 Å². The number of likely N-dealkylation sites (tertiary alicyclic amines) is 1. The van der Waals surface area contributed by atoms with E-state index >= 15 is 0 Å². The Hall–Kier alpha value is -2.07. The first-order chi connectivity index (χ1) is 10.6. The minimum Gasteiger partial charge on any atom is -0.457 e. The molecular formula is C18H19NO3. The third-order valence-electron chi connectivity index (χ3n) is 4.76. The second-order valence-corrected chi connectivity index (χ2v) is 6.41. The summed E-state index contributed by atoms with van der Waals surface area (Å²) in [6.07, 6.45) is 6.12. The van der Waals surface area contributed by atoms with Crippen molar-refractivity contribution in [3.8, 4) is 0 Å². The van der Waals surface area contributed by atoms with Crippen LogP contribution in [-0.2, 0) is 4.79 Å². The molecule has 0 radical (unpaired) electrons. The molecule has 4 heteroatoms. The maximum Gasteiger partial charge on any atom is 0.246 e. The lowest BCUT2D eigenvalue weighted by atomic mass is 9.97. The second-order valence-electron chi connectivity index (χ2n) is 6.41. The number of rotatable bonds is 3. The Bertz CT molecular complexity index is 711. The molecule has 1 aliphatic carbocycles. The molecular weight excluding hydrogens is 278 g/mol. The Balaban J connectivity index is 1.45. The number of nitrogens with zero attached hydrogens (tertiary/aromatic N) is 1. The highest BCUT2D eigenvalue weighted by atomic mass is 16.3. The first-order valence-electron chi connectivity index (χ1n) is 7.82. The van der Waals surface area contributed by atoms with Crippen LogP contribution in [0.25, 0.3) is 17.0 Å². The van der Waals surface area contributed by atoms with Crippen LogP contribution in [0.4, 0.5) is 0 Å². The molecule has 2 aliphatic rings. The van der Waals surface area contributed by atoms with Crippen LogP contribution >= 0.6 is 0 Å². The largest absolute Gasteiger partial charge is 0.457 e. The Morgan fingerprint density at radius 1 is 1.36 bits per heavy atom. The zero-order chi connectivity index (χ0) is 15.2. The van der Waals surface area contributed by atoms with Gasteiger partial charge in [-0.25, -0.2) is 0 Å². The fraction of sp³-hybridized carbons (Fsp3) is 0.389. The normalized spacial score (nSPS) is 25.4. The topological polar surface area (TPSA) is 53.7 Å². The van der Waals surface area contributed by atoms with E-state index in [0.29, 0.717) is 31.2 Å². The molecule has 4 nitrogen and oxygen atoms in total. The number of carbonyl (C=O) groups is 1. The van der Waals surface area contributed by atoms with E-state index in [-0.39, 0.29) is 5.91 Å². The number of benzene rings is 1. The molecule has 22 heavy (non-hydrogen) atoms. The van der Waals surface area contributed by atoms with Gasteiger partial charge in [0.2, 0.25) is 5.91 Å². The zero-order valence-corrected chi connectivity index (χ0v) is 12.4. The van der Waals surface area contributed by atoms with Gasteiger partial charge in [-0.2, -0.15) is 0 Å². The zero-order valence-electron chi connectivity index (χ0n) is 12.4. The Labute approximate surface area is 129 Å². The number of hydrogen-bond donors (Lipinski definition) is 1. The van der Waals surface area contributed by atoms with Crippen molar-refractivity contribution in [3.05, 3.63) is 42.2 Å². The van der Waals surface area contributed by atoms with Crippen molar-refractivity contribution in [2.45, 2.75) is 24.9 Å². The molecule has 1 saturated carbocycles. The lowest BCUT2D eigenvalue weighted by Gasteiger charge is -2.22. The van der Waals surface area contributed by atoms with Crippen molar-refractivity contribution in [2.24, 2.45) is 5.92 Å². The second kappa shape index (κ2) is 4.99. The molecule has 4 rings (SSSR count). The number of fused-ring (bicyclic) bond motifs is 1. The first kappa shape index (κ1) is 13.6. The van der Waals surface area contributed by atoms with E-state index < -0.39 is 5.60 Å². The summed E-state index contributed by atoms with van der Waals surface area (Å²) in [7, 11) is 0. The lowest BCUT2D eigenvalue weighted by Crippen LogP contribution is -2.37. The van der Waals surface area contributed by atoms with Gasteiger partial charge in [0.05, 0.1) is 12.1 Å². The number of β-amino-alcohol motifs (C(OH)–C–C–N with tert-alkyl or cyclic N) is 1. The fourth-order valence-corrected chi connectivity index (χ4v) is 3.30. The van der Waals surface area contributed by atoms with Gasteiger partial charge in [-0.3, -0.25) is 4.79 Å². The van der Waals surface area contributed by atoms with Crippen LogP contribution in [0.5, 0.6) is 0 Å². The van der Waals surface area contributed by atoms with Crippen LogP contribution in [0.1, 0.15) is 25.0 Å². The van der Waals surface area contributed by atoms with Gasteiger partial charge >= 0.3 is 0 Å². The smallest absolute Gasteiger partial charge is 0.246 e. The van der Waals surface area contributed by atoms with E-state index in [9.17, 15) is 9.90 Å². The van der Waals surface area contributed by atoms with E-state index in [1.807, 2.05) is 30.3 Å². The number of aliphatic hydroxyl groups is 1. The van der Waals surface area contributed by atoms with E-state index in [4.69, 9.17) is 4.42 Å². The van der Waals surface area contributed by atoms with E-state index in [2.05, 4.69) is 0 Å². The molecule has 1 amide bonds. The van der Waals surface area contributed by atoms with Gasteiger partial charge in [-0.1, -0.05) is 18.2 Å². The van der Waals surface area contributed by atoms with Crippen molar-refractivity contribution in [2.75, 3.05) is 13.1 Å². The Morgan fingerprint density at radius 3 is 2.95 bits per heavy atom. The Kier molecular flexibility index (Phi) is 3.08. The molecule has 1 atom stereocenters. The summed E-state index contributed by atoms with van der Waals surface area (Å²) in [5.74, 6) is 1.01. The molecule has 2 fully saturated rings. The SMILES string of the molecule is O=C(/C=C/c1cc2ccccc2o1)N1CCC(O)(C2CC2)C1. The minimum atomic E-state index is -0.650. The van der Waals surface area contributed by atoms with Gasteiger partial charge in [0, 0.05) is 18.0 Å². The average Bonchev–Trinajstić information content (AvgIpc) is 3.19. The van der Waals surface area contributed by atoms with Crippen LogP contribution in [0, 0.1) is 5.92 Å². The van der Waals surface area contributed by atoms with Gasteiger partial charge in [0.25, 0.3) is 0 Å². The summed E-state index contributed by atoms with van der Waals surface area (Å²) in [5.41, 5.74) is 0.168. The average molecular weight is 297 g/mol. The fourth-order valence-electron chi connectivity index (χ4n) is 3.30. The molecule has 1 aliphatic heterocycles. The van der Waals surface area contributed by atoms with Crippen molar-refractivity contribution in [1.29, 1.82) is 0 Å². The molecule has 2 heterocycles. The van der Waals surface area contributed by atoms with E-state index in [1.165, 1.54) is 6.08 Å². The third kappa shape index (κ3) is 2.44. The summed E-state index contributed by atoms with van der Waals surface area (Å²) in [4.78, 5) is 14.0. The van der Waals surface area contributed by atoms with Gasteiger partial charge in [0.15, 0.2) is 0 Å². The summed E-state index contributed by atoms with van der Waals surface area (Å²) >= 11 is 0. The molecule has 1 aromatic heterocycles. The van der Waals surface area contributed by atoms with Crippen LogP contribution in [-0.4, -0.2) is 34.6 Å². The van der Waals surface area contributed by atoms with Crippen LogP contribution in [0.2, 0.25) is 0 Å². The van der Waals surface area contributed by atoms with Crippen LogP contribution in [0.15, 0.2) is 40.8 Å². The van der Waals surface area contributed by atoms with Gasteiger partial charge in [-0.05, 0) is 43.4 Å². The maximum absolute atomic E-state index is 12.3. The molecule has 2 aromatic rings. The van der Waals surface area contributed by atoms with E-state index in [0.717, 1.165) is 23.8 Å². The third-order valence-corrected chi connectivity index (χ3v) is 4.76. The summed E-state index contributed by atoms with van der Waals surface area (Å²) in [6.45, 7) is 1.09. The molecule has 0 bridgehead atoms. The molecule has 1 unspecified atom stereocenters. The molecule has 0 spiro atoms. The van der Waals surface area contributed by atoms with Crippen molar-refractivity contribution < 1.29 is 14.3 Å². The Morgan fingerprint density at radius 2 is 2.18 bits per heavy atom. The molecule has 1 saturated heterocycles. The highest BCUT2D eigenvalue weighted by molar-refractivity contribution is 5.92. The number of para-hydroxylation sites is 1. The summed E-state index contributed by atoms with van der Waals surface area (Å²) < 4.78 is 5.66. The summed E-state index contributed by atoms with van der Waals surface area (Å²) in [6, 6.07) is 9.69. The first-order valence-corrected chi connectivity index (χ1v) is 7.82. The molecule has 114 valence electrons. The van der Waals surface area contributed by atoms with Crippen LogP contribution < -0.4 is 0 Å². The molecule has 1 N–H and O–H groups in total. The monoisotopic (exact) mass is 297 g/mol. The quantitative estimate of drug-likeness (QED) is 0.886. The highest BCUT2D eigenvalue weighted by Gasteiger charge is 2.48. The maximum atomic E-state index is 12.3. The predicted molar refractivity (Wildman–Crippen MR) is 84.1 cm³/mol. The standard InChI is InChI=1S/C18H19NO3/c20-17(19-10-9-18(21,12-19)14-5-6-14)8-7-15-11-13-3-1-2-4-16(13)22-15/h1-4,7-8,11,14,21H,5-6,9-10,12H2/b8-7+. The lowest BCUT2D eigenvalue weighted by molar-refractivity contribution is -0.126.